The van der Waals surface area contributed by atoms with Gasteiger partial charge in [0.15, 0.2) is 0 Å². The molecule has 0 saturated carbocycles. The van der Waals surface area contributed by atoms with Crippen molar-refractivity contribution in [2.24, 2.45) is 0 Å². The molecule has 2 aromatic heterocycles. The van der Waals surface area contributed by atoms with Crippen LogP contribution in [0.5, 0.6) is 5.88 Å². The fraction of sp³-hybridized carbons (Fsp3) is 0.0588. The average Bonchev–Trinajstić information content (AvgIpc) is 3.18. The normalized spacial score (nSPS) is 11.0. The van der Waals surface area contributed by atoms with E-state index in [-0.39, 0.29) is 15.5 Å². The Morgan fingerprint density at radius 1 is 1.12 bits per heavy atom. The van der Waals surface area contributed by atoms with Crippen molar-refractivity contribution in [2.75, 3.05) is 17.1 Å². The lowest BCUT2D eigenvalue weighted by atomic mass is 10.1. The Balaban J connectivity index is 1.83. The van der Waals surface area contributed by atoms with Crippen LogP contribution in [0.1, 0.15) is 10.4 Å². The van der Waals surface area contributed by atoms with Gasteiger partial charge in [0, 0.05) is 6.07 Å². The van der Waals surface area contributed by atoms with Crippen molar-refractivity contribution in [1.82, 2.24) is 4.98 Å². The van der Waals surface area contributed by atoms with Gasteiger partial charge >= 0.3 is 0 Å². The number of nitrogens with zero attached hydrogens (tertiary/aromatic N) is 1. The number of rotatable bonds is 6. The highest BCUT2D eigenvalue weighted by molar-refractivity contribution is 7.94. The molecule has 0 bridgehead atoms. The molecule has 1 aromatic carbocycles. The monoisotopic (exact) mass is 389 g/mol. The molecule has 1 amide bonds. The number of anilines is 2. The highest BCUT2D eigenvalue weighted by atomic mass is 32.2. The van der Waals surface area contributed by atoms with E-state index in [1.807, 2.05) is 0 Å². The zero-order valence-electron chi connectivity index (χ0n) is 13.7. The summed E-state index contributed by atoms with van der Waals surface area (Å²) in [6, 6.07) is 12.8. The summed E-state index contributed by atoms with van der Waals surface area (Å²) in [6.07, 6.45) is 1.45. The molecule has 0 aliphatic rings. The molecule has 0 radical (unpaired) electrons. The number of hydrogen-bond donors (Lipinski definition) is 2. The van der Waals surface area contributed by atoms with Crippen molar-refractivity contribution >= 4 is 38.6 Å². The van der Waals surface area contributed by atoms with Crippen molar-refractivity contribution in [3.8, 4) is 5.88 Å². The lowest BCUT2D eigenvalue weighted by Crippen LogP contribution is -2.18. The fourth-order valence-corrected chi connectivity index (χ4v) is 4.23. The first-order chi connectivity index (χ1) is 12.5. The van der Waals surface area contributed by atoms with E-state index in [0.717, 1.165) is 11.3 Å². The first kappa shape index (κ1) is 17.9. The summed E-state index contributed by atoms with van der Waals surface area (Å²) in [7, 11) is -2.25. The molecule has 0 saturated heterocycles. The second kappa shape index (κ2) is 7.54. The molecule has 0 fully saturated rings. The molecule has 0 atom stereocenters. The summed E-state index contributed by atoms with van der Waals surface area (Å²) in [5.41, 5.74) is 0.857. The molecule has 9 heteroatoms. The third kappa shape index (κ3) is 4.01. The van der Waals surface area contributed by atoms with E-state index in [4.69, 9.17) is 4.74 Å². The lowest BCUT2D eigenvalue weighted by molar-refractivity contribution is 0.102. The van der Waals surface area contributed by atoms with E-state index >= 15 is 0 Å². The third-order valence-corrected chi connectivity index (χ3v) is 6.14. The predicted octanol–water partition coefficient (Wildman–Crippen LogP) is 3.20. The number of carbonyl (C=O) groups excluding carboxylic acids is 1. The van der Waals surface area contributed by atoms with Crippen LogP contribution in [0.4, 0.5) is 11.4 Å². The van der Waals surface area contributed by atoms with Gasteiger partial charge in [-0.05, 0) is 29.6 Å². The van der Waals surface area contributed by atoms with Gasteiger partial charge in [-0.3, -0.25) is 9.52 Å². The average molecular weight is 389 g/mol. The maximum Gasteiger partial charge on any atom is 0.271 e. The highest BCUT2D eigenvalue weighted by Gasteiger charge is 2.19. The number of amides is 1. The summed E-state index contributed by atoms with van der Waals surface area (Å²) in [4.78, 5) is 16.6. The van der Waals surface area contributed by atoms with Crippen molar-refractivity contribution in [3.63, 3.8) is 0 Å². The Kier molecular flexibility index (Phi) is 5.19. The topological polar surface area (TPSA) is 97.4 Å². The summed E-state index contributed by atoms with van der Waals surface area (Å²) in [5.74, 6) is -0.0337. The van der Waals surface area contributed by atoms with Gasteiger partial charge in [0.1, 0.15) is 4.21 Å². The Morgan fingerprint density at radius 3 is 2.58 bits per heavy atom. The number of thiophene rings is 1. The minimum Gasteiger partial charge on any atom is -0.481 e. The van der Waals surface area contributed by atoms with Gasteiger partial charge in [-0.15, -0.1) is 11.3 Å². The fourth-order valence-electron chi connectivity index (χ4n) is 2.15. The zero-order valence-corrected chi connectivity index (χ0v) is 15.3. The SMILES string of the molecule is COc1ccc(NC(=O)c2ccccc2NS(=O)(=O)c2cccs2)cn1. The van der Waals surface area contributed by atoms with Gasteiger partial charge in [-0.1, -0.05) is 18.2 Å². The van der Waals surface area contributed by atoms with Gasteiger partial charge in [0.2, 0.25) is 5.88 Å². The van der Waals surface area contributed by atoms with Crippen LogP contribution in [0, 0.1) is 0 Å². The maximum absolute atomic E-state index is 12.6. The van der Waals surface area contributed by atoms with Crippen LogP contribution in [0.15, 0.2) is 64.3 Å². The van der Waals surface area contributed by atoms with Crippen molar-refractivity contribution < 1.29 is 17.9 Å². The summed E-state index contributed by atoms with van der Waals surface area (Å²) >= 11 is 1.10. The maximum atomic E-state index is 12.6. The van der Waals surface area contributed by atoms with Crippen LogP contribution in [-0.4, -0.2) is 26.4 Å². The van der Waals surface area contributed by atoms with Crippen LogP contribution in [0.3, 0.4) is 0 Å². The summed E-state index contributed by atoms with van der Waals surface area (Å²) in [6.45, 7) is 0. The third-order valence-electron chi connectivity index (χ3n) is 3.38. The molecular formula is C17H15N3O4S2. The van der Waals surface area contributed by atoms with Crippen LogP contribution in [-0.2, 0) is 10.0 Å². The number of para-hydroxylation sites is 1. The van der Waals surface area contributed by atoms with Crippen molar-refractivity contribution in [3.05, 3.63) is 65.7 Å². The van der Waals surface area contributed by atoms with Gasteiger partial charge in [0.25, 0.3) is 15.9 Å². The minimum absolute atomic E-state index is 0.173. The number of ether oxygens (including phenoxy) is 1. The number of nitrogens with one attached hydrogen (secondary N) is 2. The first-order valence-electron chi connectivity index (χ1n) is 7.46. The van der Waals surface area contributed by atoms with Gasteiger partial charge in [0.05, 0.1) is 30.2 Å². The lowest BCUT2D eigenvalue weighted by Gasteiger charge is -2.12. The Labute approximate surface area is 154 Å². The number of sulfonamides is 1. The van der Waals surface area contributed by atoms with E-state index in [1.165, 1.54) is 25.4 Å². The standard InChI is InChI=1S/C17H15N3O4S2/c1-24-15-9-8-12(11-18-15)19-17(21)13-5-2-3-6-14(13)20-26(22,23)16-7-4-10-25-16/h2-11,20H,1H3,(H,19,21). The van der Waals surface area contributed by atoms with E-state index in [0.29, 0.717) is 11.6 Å². The Bertz CT molecular complexity index is 1000. The van der Waals surface area contributed by atoms with Gasteiger partial charge in [-0.2, -0.15) is 0 Å². The van der Waals surface area contributed by atoms with Gasteiger partial charge in [-0.25, -0.2) is 13.4 Å². The molecule has 2 heterocycles. The highest BCUT2D eigenvalue weighted by Crippen LogP contribution is 2.23. The van der Waals surface area contributed by atoms with Crippen LogP contribution < -0.4 is 14.8 Å². The minimum atomic E-state index is -3.75. The molecule has 7 nitrogen and oxygen atoms in total. The molecule has 3 rings (SSSR count). The molecule has 3 aromatic rings. The quantitative estimate of drug-likeness (QED) is 0.675. The summed E-state index contributed by atoms with van der Waals surface area (Å²) in [5, 5.41) is 4.35. The first-order valence-corrected chi connectivity index (χ1v) is 9.82. The van der Waals surface area contributed by atoms with E-state index < -0.39 is 15.9 Å². The van der Waals surface area contributed by atoms with E-state index in [1.54, 1.807) is 41.8 Å². The number of pyridine rings is 1. The Morgan fingerprint density at radius 2 is 1.92 bits per heavy atom. The molecule has 0 aliphatic carbocycles. The van der Waals surface area contributed by atoms with Crippen molar-refractivity contribution in [2.45, 2.75) is 4.21 Å². The van der Waals surface area contributed by atoms with E-state index in [2.05, 4.69) is 15.0 Å². The molecule has 2 N–H and O–H groups in total. The van der Waals surface area contributed by atoms with Crippen LogP contribution in [0.2, 0.25) is 0 Å². The predicted molar refractivity (Wildman–Crippen MR) is 100 cm³/mol. The largest absolute Gasteiger partial charge is 0.481 e. The van der Waals surface area contributed by atoms with Gasteiger partial charge < -0.3 is 10.1 Å². The molecule has 0 unspecified atom stereocenters. The summed E-state index contributed by atoms with van der Waals surface area (Å²) < 4.78 is 32.4. The zero-order chi connectivity index (χ0) is 18.6. The van der Waals surface area contributed by atoms with Crippen molar-refractivity contribution in [1.29, 1.82) is 0 Å². The number of carbonyl (C=O) groups is 1. The number of benzene rings is 1. The van der Waals surface area contributed by atoms with Crippen LogP contribution in [0.25, 0.3) is 0 Å². The molecule has 0 aliphatic heterocycles. The second-order valence-electron chi connectivity index (χ2n) is 5.13. The smallest absolute Gasteiger partial charge is 0.271 e. The Hall–Kier alpha value is -2.91. The van der Waals surface area contributed by atoms with E-state index in [9.17, 15) is 13.2 Å². The second-order valence-corrected chi connectivity index (χ2v) is 7.98. The number of aromatic nitrogens is 1. The van der Waals surface area contributed by atoms with Crippen LogP contribution >= 0.6 is 11.3 Å². The molecule has 26 heavy (non-hydrogen) atoms. The number of methoxy groups -OCH3 is 1. The molecular weight excluding hydrogens is 374 g/mol. The number of hydrogen-bond acceptors (Lipinski definition) is 6. The molecule has 0 spiro atoms. The molecule has 134 valence electrons.